The van der Waals surface area contributed by atoms with E-state index in [9.17, 15) is 4.79 Å². The Bertz CT molecular complexity index is 682. The van der Waals surface area contributed by atoms with Crippen LogP contribution in [-0.2, 0) is 11.3 Å². The number of rotatable bonds is 7. The van der Waals surface area contributed by atoms with Crippen molar-refractivity contribution in [2.45, 2.75) is 46.4 Å². The topological polar surface area (TPSA) is 47.6 Å². The van der Waals surface area contributed by atoms with E-state index in [-0.39, 0.29) is 12.0 Å². The van der Waals surface area contributed by atoms with Crippen LogP contribution in [0.5, 0.6) is 11.5 Å². The number of nitrogens with one attached hydrogen (secondary N) is 1. The van der Waals surface area contributed by atoms with Crippen LogP contribution in [0, 0.1) is 6.92 Å². The molecule has 0 saturated carbocycles. The molecule has 1 amide bonds. The van der Waals surface area contributed by atoms with Gasteiger partial charge < -0.3 is 14.8 Å². The number of carbonyl (C=O) groups excluding carboxylic acids is 1. The van der Waals surface area contributed by atoms with E-state index in [2.05, 4.69) is 5.32 Å². The van der Waals surface area contributed by atoms with Crippen LogP contribution in [0.3, 0.4) is 0 Å². The predicted octanol–water partition coefficient (Wildman–Crippen LogP) is 3.87. The molecule has 0 heterocycles. The number of hydrogen-bond donors (Lipinski definition) is 1. The summed E-state index contributed by atoms with van der Waals surface area (Å²) in [6.45, 7) is 8.15. The predicted molar refractivity (Wildman–Crippen MR) is 95.3 cm³/mol. The van der Waals surface area contributed by atoms with Crippen LogP contribution in [0.1, 0.15) is 31.9 Å². The lowest BCUT2D eigenvalue weighted by Crippen LogP contribution is -2.35. The van der Waals surface area contributed by atoms with Crippen molar-refractivity contribution in [2.75, 3.05) is 0 Å². The van der Waals surface area contributed by atoms with Gasteiger partial charge in [-0.15, -0.1) is 0 Å². The Kier molecular flexibility index (Phi) is 6.24. The standard InChI is InChI=1S/C20H25NO3/c1-14(2)23-19-10-6-8-17(12-19)13-21-20(22)16(4)24-18-9-5-7-15(3)11-18/h5-12,14,16H,13H2,1-4H3,(H,21,22)/t16-/m0/s1. The largest absolute Gasteiger partial charge is 0.491 e. The van der Waals surface area contributed by atoms with Crippen LogP contribution in [0.25, 0.3) is 0 Å². The number of amides is 1. The number of aryl methyl sites for hydroxylation is 1. The fraction of sp³-hybridized carbons (Fsp3) is 0.350. The van der Waals surface area contributed by atoms with Gasteiger partial charge in [0.1, 0.15) is 11.5 Å². The van der Waals surface area contributed by atoms with E-state index in [1.54, 1.807) is 6.92 Å². The zero-order chi connectivity index (χ0) is 17.5. The maximum absolute atomic E-state index is 12.2. The van der Waals surface area contributed by atoms with Crippen molar-refractivity contribution in [1.82, 2.24) is 5.32 Å². The second kappa shape index (κ2) is 8.39. The van der Waals surface area contributed by atoms with E-state index >= 15 is 0 Å². The molecule has 4 nitrogen and oxygen atoms in total. The number of benzene rings is 2. The Balaban J connectivity index is 1.88. The molecule has 0 aromatic heterocycles. The molecule has 2 aromatic carbocycles. The molecule has 2 rings (SSSR count). The van der Waals surface area contributed by atoms with E-state index in [1.807, 2.05) is 69.3 Å². The summed E-state index contributed by atoms with van der Waals surface area (Å²) in [5, 5.41) is 2.89. The highest BCUT2D eigenvalue weighted by molar-refractivity contribution is 5.80. The maximum atomic E-state index is 12.2. The normalized spacial score (nSPS) is 11.9. The lowest BCUT2D eigenvalue weighted by Gasteiger charge is -2.15. The molecule has 1 N–H and O–H groups in total. The number of hydrogen-bond acceptors (Lipinski definition) is 3. The van der Waals surface area contributed by atoms with Crippen LogP contribution < -0.4 is 14.8 Å². The maximum Gasteiger partial charge on any atom is 0.261 e. The van der Waals surface area contributed by atoms with Gasteiger partial charge in [-0.05, 0) is 63.1 Å². The van der Waals surface area contributed by atoms with Crippen molar-refractivity contribution in [3.63, 3.8) is 0 Å². The first-order chi connectivity index (χ1) is 11.4. The average molecular weight is 327 g/mol. The fourth-order valence-electron chi connectivity index (χ4n) is 2.28. The average Bonchev–Trinajstić information content (AvgIpc) is 2.52. The van der Waals surface area contributed by atoms with E-state index in [1.165, 1.54) is 0 Å². The SMILES string of the molecule is Cc1cccc(O[C@@H](C)C(=O)NCc2cccc(OC(C)C)c2)c1. The minimum absolute atomic E-state index is 0.123. The molecule has 128 valence electrons. The summed E-state index contributed by atoms with van der Waals surface area (Å²) < 4.78 is 11.3. The Labute approximate surface area is 143 Å². The molecule has 1 atom stereocenters. The first-order valence-electron chi connectivity index (χ1n) is 8.20. The van der Waals surface area contributed by atoms with Crippen LogP contribution in [-0.4, -0.2) is 18.1 Å². The van der Waals surface area contributed by atoms with Gasteiger partial charge in [0.05, 0.1) is 6.10 Å². The lowest BCUT2D eigenvalue weighted by molar-refractivity contribution is -0.127. The molecule has 0 unspecified atom stereocenters. The smallest absolute Gasteiger partial charge is 0.261 e. The van der Waals surface area contributed by atoms with Crippen LogP contribution >= 0.6 is 0 Å². The molecule has 4 heteroatoms. The van der Waals surface area contributed by atoms with Gasteiger partial charge in [-0.25, -0.2) is 0 Å². The van der Waals surface area contributed by atoms with Crippen LogP contribution in [0.4, 0.5) is 0 Å². The highest BCUT2D eigenvalue weighted by Crippen LogP contribution is 2.16. The molecular weight excluding hydrogens is 302 g/mol. The Morgan fingerprint density at radius 1 is 1.00 bits per heavy atom. The minimum atomic E-state index is -0.554. The van der Waals surface area contributed by atoms with Crippen molar-refractivity contribution in [3.05, 3.63) is 59.7 Å². The van der Waals surface area contributed by atoms with Crippen LogP contribution in [0.2, 0.25) is 0 Å². The molecule has 0 bridgehead atoms. The quantitative estimate of drug-likeness (QED) is 0.840. The van der Waals surface area contributed by atoms with Crippen molar-refractivity contribution in [3.8, 4) is 11.5 Å². The van der Waals surface area contributed by atoms with Gasteiger partial charge in [0.25, 0.3) is 5.91 Å². The zero-order valence-electron chi connectivity index (χ0n) is 14.7. The monoisotopic (exact) mass is 327 g/mol. The third-order valence-corrected chi connectivity index (χ3v) is 3.41. The number of carbonyl (C=O) groups is 1. The van der Waals surface area contributed by atoms with Gasteiger partial charge in [-0.2, -0.15) is 0 Å². The molecule has 24 heavy (non-hydrogen) atoms. The van der Waals surface area contributed by atoms with Crippen molar-refractivity contribution >= 4 is 5.91 Å². The summed E-state index contributed by atoms with van der Waals surface area (Å²) in [6, 6.07) is 15.4. The number of ether oxygens (including phenoxy) is 2. The Morgan fingerprint density at radius 2 is 1.67 bits per heavy atom. The molecule has 0 aliphatic heterocycles. The summed E-state index contributed by atoms with van der Waals surface area (Å²) in [5.41, 5.74) is 2.09. The van der Waals surface area contributed by atoms with E-state index < -0.39 is 6.10 Å². The van der Waals surface area contributed by atoms with Gasteiger partial charge in [-0.3, -0.25) is 4.79 Å². The Morgan fingerprint density at radius 3 is 2.33 bits per heavy atom. The molecule has 0 aliphatic carbocycles. The highest BCUT2D eigenvalue weighted by atomic mass is 16.5. The molecular formula is C20H25NO3. The molecule has 0 radical (unpaired) electrons. The van der Waals surface area contributed by atoms with E-state index in [4.69, 9.17) is 9.47 Å². The minimum Gasteiger partial charge on any atom is -0.491 e. The first-order valence-corrected chi connectivity index (χ1v) is 8.20. The van der Waals surface area contributed by atoms with E-state index in [0.29, 0.717) is 12.3 Å². The van der Waals surface area contributed by atoms with Crippen molar-refractivity contribution < 1.29 is 14.3 Å². The Hall–Kier alpha value is -2.49. The third-order valence-electron chi connectivity index (χ3n) is 3.41. The van der Waals surface area contributed by atoms with Crippen molar-refractivity contribution in [2.24, 2.45) is 0 Å². The second-order valence-corrected chi connectivity index (χ2v) is 6.11. The van der Waals surface area contributed by atoms with Crippen molar-refractivity contribution in [1.29, 1.82) is 0 Å². The van der Waals surface area contributed by atoms with E-state index in [0.717, 1.165) is 16.9 Å². The third kappa shape index (κ3) is 5.61. The second-order valence-electron chi connectivity index (χ2n) is 6.11. The lowest BCUT2D eigenvalue weighted by atomic mass is 10.2. The van der Waals surface area contributed by atoms with Crippen LogP contribution in [0.15, 0.2) is 48.5 Å². The molecule has 0 saturated heterocycles. The summed E-state index contributed by atoms with van der Waals surface area (Å²) >= 11 is 0. The van der Waals surface area contributed by atoms with Gasteiger partial charge >= 0.3 is 0 Å². The molecule has 0 aliphatic rings. The zero-order valence-corrected chi connectivity index (χ0v) is 14.7. The molecule has 0 spiro atoms. The van der Waals surface area contributed by atoms with Gasteiger partial charge in [0.2, 0.25) is 0 Å². The van der Waals surface area contributed by atoms with Gasteiger partial charge in [0, 0.05) is 6.54 Å². The summed E-state index contributed by atoms with van der Waals surface area (Å²) in [7, 11) is 0. The highest BCUT2D eigenvalue weighted by Gasteiger charge is 2.14. The summed E-state index contributed by atoms with van der Waals surface area (Å²) in [4.78, 5) is 12.2. The van der Waals surface area contributed by atoms with Gasteiger partial charge in [-0.1, -0.05) is 24.3 Å². The summed E-state index contributed by atoms with van der Waals surface area (Å²) in [5.74, 6) is 1.36. The summed E-state index contributed by atoms with van der Waals surface area (Å²) in [6.07, 6.45) is -0.431. The molecule has 0 fully saturated rings. The van der Waals surface area contributed by atoms with Gasteiger partial charge in [0.15, 0.2) is 6.10 Å². The fourth-order valence-corrected chi connectivity index (χ4v) is 2.28. The first kappa shape index (κ1) is 17.9. The molecule has 2 aromatic rings.